The van der Waals surface area contributed by atoms with Crippen LogP contribution in [0.5, 0.6) is 11.5 Å². The van der Waals surface area contributed by atoms with Crippen molar-refractivity contribution in [1.29, 1.82) is 0 Å². The summed E-state index contributed by atoms with van der Waals surface area (Å²) in [7, 11) is 1.65. The van der Waals surface area contributed by atoms with E-state index >= 15 is 0 Å². The van der Waals surface area contributed by atoms with Gasteiger partial charge in [-0.2, -0.15) is 0 Å². The predicted molar refractivity (Wildman–Crippen MR) is 83.2 cm³/mol. The number of rotatable bonds is 6. The number of ether oxygens (including phenoxy) is 2. The summed E-state index contributed by atoms with van der Waals surface area (Å²) in [6.45, 7) is 1.02. The van der Waals surface area contributed by atoms with Crippen molar-refractivity contribution >= 4 is 16.3 Å². The van der Waals surface area contributed by atoms with Crippen molar-refractivity contribution in [2.24, 2.45) is 5.73 Å². The van der Waals surface area contributed by atoms with Gasteiger partial charge in [-0.15, -0.1) is 11.3 Å². The molecule has 0 aliphatic rings. The SMILES string of the molecule is COc1ccc(OCc2cn3ccsc3n2)c(CCN)c1. The molecule has 0 spiro atoms. The number of aromatic nitrogens is 2. The van der Waals surface area contributed by atoms with E-state index in [2.05, 4.69) is 4.98 Å². The second-order valence-corrected chi connectivity index (χ2v) is 5.50. The lowest BCUT2D eigenvalue weighted by atomic mass is 10.1. The summed E-state index contributed by atoms with van der Waals surface area (Å²) in [4.78, 5) is 5.48. The van der Waals surface area contributed by atoms with Crippen LogP contribution in [0.15, 0.2) is 36.0 Å². The minimum Gasteiger partial charge on any atom is -0.497 e. The quantitative estimate of drug-likeness (QED) is 0.760. The fraction of sp³-hybridized carbons (Fsp3) is 0.267. The maximum atomic E-state index is 5.89. The van der Waals surface area contributed by atoms with Crippen molar-refractivity contribution in [3.8, 4) is 11.5 Å². The average molecular weight is 303 g/mol. The Labute approximate surface area is 126 Å². The number of hydrogen-bond acceptors (Lipinski definition) is 5. The summed E-state index contributed by atoms with van der Waals surface area (Å²) in [6, 6.07) is 5.78. The van der Waals surface area contributed by atoms with Crippen LogP contribution >= 0.6 is 11.3 Å². The topological polar surface area (TPSA) is 61.8 Å². The van der Waals surface area contributed by atoms with E-state index in [-0.39, 0.29) is 0 Å². The fourth-order valence-electron chi connectivity index (χ4n) is 2.17. The van der Waals surface area contributed by atoms with Crippen molar-refractivity contribution in [2.75, 3.05) is 13.7 Å². The van der Waals surface area contributed by atoms with Gasteiger partial charge in [0.2, 0.25) is 0 Å². The Morgan fingerprint density at radius 2 is 2.29 bits per heavy atom. The van der Waals surface area contributed by atoms with Crippen molar-refractivity contribution in [1.82, 2.24) is 9.38 Å². The Hall–Kier alpha value is -2.05. The maximum absolute atomic E-state index is 5.89. The summed E-state index contributed by atoms with van der Waals surface area (Å²) in [5, 5.41) is 2.01. The maximum Gasteiger partial charge on any atom is 0.193 e. The highest BCUT2D eigenvalue weighted by Crippen LogP contribution is 2.25. The summed E-state index contributed by atoms with van der Waals surface area (Å²) in [5.74, 6) is 1.64. The molecule has 0 aliphatic carbocycles. The van der Waals surface area contributed by atoms with Crippen molar-refractivity contribution in [2.45, 2.75) is 13.0 Å². The first kappa shape index (κ1) is 13.9. The van der Waals surface area contributed by atoms with Crippen LogP contribution in [0.3, 0.4) is 0 Å². The summed E-state index contributed by atoms with van der Waals surface area (Å²) < 4.78 is 13.1. The van der Waals surface area contributed by atoms with Crippen LogP contribution in [-0.4, -0.2) is 23.0 Å². The van der Waals surface area contributed by atoms with Crippen LogP contribution in [-0.2, 0) is 13.0 Å². The molecule has 0 bridgehead atoms. The number of nitrogens with zero attached hydrogens (tertiary/aromatic N) is 2. The lowest BCUT2D eigenvalue weighted by Crippen LogP contribution is -2.06. The standard InChI is InChI=1S/C15H17N3O2S/c1-19-13-2-3-14(11(8-13)4-5-16)20-10-12-9-18-6-7-21-15(18)17-12/h2-3,6-9H,4-5,10,16H2,1H3. The van der Waals surface area contributed by atoms with E-state index in [0.717, 1.165) is 34.1 Å². The average Bonchev–Trinajstić information content (AvgIpc) is 3.07. The van der Waals surface area contributed by atoms with Gasteiger partial charge in [0.05, 0.1) is 12.8 Å². The first-order chi connectivity index (χ1) is 10.3. The molecule has 0 amide bonds. The Morgan fingerprint density at radius 1 is 1.38 bits per heavy atom. The van der Waals surface area contributed by atoms with Crippen LogP contribution < -0.4 is 15.2 Å². The van der Waals surface area contributed by atoms with Gasteiger partial charge in [0, 0.05) is 17.8 Å². The third-order valence-electron chi connectivity index (χ3n) is 3.20. The van der Waals surface area contributed by atoms with E-state index in [9.17, 15) is 0 Å². The second-order valence-electron chi connectivity index (χ2n) is 4.63. The number of fused-ring (bicyclic) bond motifs is 1. The lowest BCUT2D eigenvalue weighted by molar-refractivity contribution is 0.298. The van der Waals surface area contributed by atoms with Gasteiger partial charge in [0.1, 0.15) is 18.1 Å². The molecule has 110 valence electrons. The summed E-state index contributed by atoms with van der Waals surface area (Å²) in [5.41, 5.74) is 7.62. The molecule has 0 unspecified atom stereocenters. The van der Waals surface area contributed by atoms with E-state index in [1.807, 2.05) is 40.4 Å². The molecule has 21 heavy (non-hydrogen) atoms. The van der Waals surface area contributed by atoms with E-state index in [0.29, 0.717) is 13.2 Å². The zero-order valence-electron chi connectivity index (χ0n) is 11.8. The Kier molecular flexibility index (Phi) is 4.08. The first-order valence-electron chi connectivity index (χ1n) is 6.71. The number of benzene rings is 1. The van der Waals surface area contributed by atoms with Crippen LogP contribution in [0.25, 0.3) is 4.96 Å². The third-order valence-corrected chi connectivity index (χ3v) is 3.97. The summed E-state index contributed by atoms with van der Waals surface area (Å²) >= 11 is 1.61. The first-order valence-corrected chi connectivity index (χ1v) is 7.59. The smallest absolute Gasteiger partial charge is 0.193 e. The highest BCUT2D eigenvalue weighted by molar-refractivity contribution is 7.15. The third kappa shape index (κ3) is 3.01. The fourth-order valence-corrected chi connectivity index (χ4v) is 2.89. The molecular formula is C15H17N3O2S. The minimum absolute atomic E-state index is 0.443. The van der Waals surface area contributed by atoms with Gasteiger partial charge in [0.25, 0.3) is 0 Å². The van der Waals surface area contributed by atoms with E-state index in [4.69, 9.17) is 15.2 Å². The van der Waals surface area contributed by atoms with Gasteiger partial charge < -0.3 is 15.2 Å². The van der Waals surface area contributed by atoms with Crippen molar-refractivity contribution in [3.63, 3.8) is 0 Å². The van der Waals surface area contributed by atoms with Gasteiger partial charge in [-0.25, -0.2) is 4.98 Å². The molecule has 0 saturated heterocycles. The monoisotopic (exact) mass is 303 g/mol. The van der Waals surface area contributed by atoms with Crippen LogP contribution in [0, 0.1) is 0 Å². The zero-order valence-corrected chi connectivity index (χ0v) is 12.6. The van der Waals surface area contributed by atoms with E-state index < -0.39 is 0 Å². The van der Waals surface area contributed by atoms with Gasteiger partial charge in [-0.3, -0.25) is 4.40 Å². The second kappa shape index (κ2) is 6.15. The molecule has 0 aliphatic heterocycles. The molecule has 2 heterocycles. The number of nitrogens with two attached hydrogens (primary N) is 1. The molecule has 3 aromatic rings. The van der Waals surface area contributed by atoms with Gasteiger partial charge in [0.15, 0.2) is 4.96 Å². The highest BCUT2D eigenvalue weighted by Gasteiger charge is 2.08. The van der Waals surface area contributed by atoms with Gasteiger partial charge >= 0.3 is 0 Å². The molecular weight excluding hydrogens is 286 g/mol. The Morgan fingerprint density at radius 3 is 3.05 bits per heavy atom. The number of imidazole rings is 1. The molecule has 0 radical (unpaired) electrons. The largest absolute Gasteiger partial charge is 0.497 e. The van der Waals surface area contributed by atoms with E-state index in [1.54, 1.807) is 18.4 Å². The molecule has 6 heteroatoms. The molecule has 0 atom stereocenters. The van der Waals surface area contributed by atoms with Crippen molar-refractivity contribution < 1.29 is 9.47 Å². The number of methoxy groups -OCH3 is 1. The minimum atomic E-state index is 0.443. The molecule has 3 rings (SSSR count). The highest BCUT2D eigenvalue weighted by atomic mass is 32.1. The number of hydrogen-bond donors (Lipinski definition) is 1. The van der Waals surface area contributed by atoms with E-state index in [1.165, 1.54) is 0 Å². The van der Waals surface area contributed by atoms with Gasteiger partial charge in [-0.05, 0) is 36.7 Å². The zero-order chi connectivity index (χ0) is 14.7. The van der Waals surface area contributed by atoms with Crippen LogP contribution in [0.2, 0.25) is 0 Å². The molecule has 1 aromatic carbocycles. The molecule has 0 fully saturated rings. The van der Waals surface area contributed by atoms with Crippen LogP contribution in [0.4, 0.5) is 0 Å². The Bertz CT molecular complexity index is 707. The molecule has 2 aromatic heterocycles. The van der Waals surface area contributed by atoms with Gasteiger partial charge in [-0.1, -0.05) is 0 Å². The molecule has 5 nitrogen and oxygen atoms in total. The Balaban J connectivity index is 1.75. The molecule has 0 saturated carbocycles. The van der Waals surface area contributed by atoms with Crippen LogP contribution in [0.1, 0.15) is 11.3 Å². The normalized spacial score (nSPS) is 11.0. The summed E-state index contributed by atoms with van der Waals surface area (Å²) in [6.07, 6.45) is 4.73. The lowest BCUT2D eigenvalue weighted by Gasteiger charge is -2.11. The molecule has 2 N–H and O–H groups in total. The van der Waals surface area contributed by atoms with Crippen molar-refractivity contribution in [3.05, 3.63) is 47.2 Å². The number of thiazole rings is 1. The predicted octanol–water partition coefficient (Wildman–Crippen LogP) is 2.48.